The lowest BCUT2D eigenvalue weighted by Gasteiger charge is -2.22. The maximum Gasteiger partial charge on any atom is 0.116 e. The first-order valence-electron chi connectivity index (χ1n) is 6.19. The van der Waals surface area contributed by atoms with E-state index >= 15 is 0 Å². The van der Waals surface area contributed by atoms with Gasteiger partial charge in [0.05, 0.1) is 5.69 Å². The number of nitrogens with zero attached hydrogens (tertiary/aromatic N) is 1. The fraction of sp³-hybridized carbons (Fsp3) is 0.200. The molecule has 2 aromatic rings. The normalized spacial score (nSPS) is 17.4. The molecule has 19 heavy (non-hydrogen) atoms. The molecule has 2 aromatic carbocycles. The minimum Gasteiger partial charge on any atom is -0.508 e. The fourth-order valence-electron chi connectivity index (χ4n) is 2.32. The predicted molar refractivity (Wildman–Crippen MR) is 81.1 cm³/mol. The van der Waals surface area contributed by atoms with Crippen LogP contribution in [0.2, 0.25) is 0 Å². The van der Waals surface area contributed by atoms with Crippen molar-refractivity contribution in [2.75, 3.05) is 24.3 Å². The molecule has 0 bridgehead atoms. The molecule has 1 aliphatic rings. The van der Waals surface area contributed by atoms with Crippen LogP contribution >= 0.6 is 11.8 Å². The number of thioether (sulfide) groups is 1. The van der Waals surface area contributed by atoms with Crippen LogP contribution in [0.4, 0.5) is 11.4 Å². The molecule has 0 aromatic heterocycles. The van der Waals surface area contributed by atoms with E-state index in [1.54, 1.807) is 17.8 Å². The van der Waals surface area contributed by atoms with Gasteiger partial charge in [-0.1, -0.05) is 23.9 Å². The highest BCUT2D eigenvalue weighted by Crippen LogP contribution is 2.51. The molecule has 1 aliphatic heterocycles. The molecule has 3 nitrogen and oxygen atoms in total. The summed E-state index contributed by atoms with van der Waals surface area (Å²) in [6, 6.07) is 14.0. The number of fused-ring (bicyclic) bond motifs is 1. The topological polar surface area (TPSA) is 35.5 Å². The van der Waals surface area contributed by atoms with Gasteiger partial charge in [0, 0.05) is 24.7 Å². The van der Waals surface area contributed by atoms with Crippen molar-refractivity contribution in [2.45, 2.75) is 10.3 Å². The van der Waals surface area contributed by atoms with E-state index in [0.29, 0.717) is 5.75 Å². The van der Waals surface area contributed by atoms with E-state index in [2.05, 4.69) is 41.5 Å². The number of aromatic hydroxyl groups is 1. The smallest absolute Gasteiger partial charge is 0.116 e. The van der Waals surface area contributed by atoms with E-state index < -0.39 is 0 Å². The van der Waals surface area contributed by atoms with E-state index in [1.165, 1.54) is 11.3 Å². The van der Waals surface area contributed by atoms with Crippen LogP contribution in [0.1, 0.15) is 10.9 Å². The van der Waals surface area contributed by atoms with Crippen molar-refractivity contribution in [2.24, 2.45) is 0 Å². The Morgan fingerprint density at radius 1 is 1.21 bits per heavy atom. The third kappa shape index (κ3) is 2.12. The van der Waals surface area contributed by atoms with Gasteiger partial charge >= 0.3 is 0 Å². The summed E-state index contributed by atoms with van der Waals surface area (Å²) in [5.41, 5.74) is 3.55. The average Bonchev–Trinajstić information content (AvgIpc) is 2.75. The Morgan fingerprint density at radius 3 is 2.63 bits per heavy atom. The molecule has 98 valence electrons. The zero-order valence-corrected chi connectivity index (χ0v) is 11.7. The van der Waals surface area contributed by atoms with Crippen molar-refractivity contribution in [3.05, 3.63) is 48.0 Å². The Bertz CT molecular complexity index is 598. The van der Waals surface area contributed by atoms with Crippen molar-refractivity contribution in [1.82, 2.24) is 0 Å². The van der Waals surface area contributed by atoms with Gasteiger partial charge in [0.1, 0.15) is 11.1 Å². The molecule has 0 aliphatic carbocycles. The van der Waals surface area contributed by atoms with Gasteiger partial charge in [-0.15, -0.1) is 0 Å². The summed E-state index contributed by atoms with van der Waals surface area (Å²) < 4.78 is 0. The van der Waals surface area contributed by atoms with Crippen molar-refractivity contribution >= 4 is 23.1 Å². The van der Waals surface area contributed by atoms with Crippen LogP contribution in [0.3, 0.4) is 0 Å². The highest BCUT2D eigenvalue weighted by Gasteiger charge is 2.28. The molecule has 3 rings (SSSR count). The third-order valence-corrected chi connectivity index (χ3v) is 4.79. The molecule has 0 amide bonds. The second-order valence-corrected chi connectivity index (χ2v) is 5.73. The second kappa shape index (κ2) is 4.70. The maximum atomic E-state index is 9.57. The minimum atomic E-state index is 0.266. The Morgan fingerprint density at radius 2 is 1.95 bits per heavy atom. The molecule has 4 heteroatoms. The summed E-state index contributed by atoms with van der Waals surface area (Å²) >= 11 is 1.77. The summed E-state index contributed by atoms with van der Waals surface area (Å²) in [5.74, 6) is 0.325. The number of nitrogens with one attached hydrogen (secondary N) is 1. The molecular formula is C15H16N2OS. The first-order valence-corrected chi connectivity index (χ1v) is 7.07. The van der Waals surface area contributed by atoms with Crippen LogP contribution < -0.4 is 10.2 Å². The molecule has 2 N–H and O–H groups in total. The van der Waals surface area contributed by atoms with Gasteiger partial charge in [-0.25, -0.2) is 0 Å². The lowest BCUT2D eigenvalue weighted by atomic mass is 10.2. The van der Waals surface area contributed by atoms with Gasteiger partial charge in [0.25, 0.3) is 0 Å². The van der Waals surface area contributed by atoms with Gasteiger partial charge in [0.2, 0.25) is 0 Å². The van der Waals surface area contributed by atoms with Crippen LogP contribution in [0.5, 0.6) is 5.75 Å². The number of rotatable bonds is 2. The lowest BCUT2D eigenvalue weighted by Crippen LogP contribution is -2.16. The fourth-order valence-corrected chi connectivity index (χ4v) is 3.65. The quantitative estimate of drug-likeness (QED) is 0.876. The molecule has 0 saturated heterocycles. The summed E-state index contributed by atoms with van der Waals surface area (Å²) in [7, 11) is 4.01. The van der Waals surface area contributed by atoms with Crippen LogP contribution in [-0.4, -0.2) is 19.2 Å². The lowest BCUT2D eigenvalue weighted by molar-refractivity contribution is 0.474. The number of hydrogen-bond acceptors (Lipinski definition) is 4. The zero-order valence-electron chi connectivity index (χ0n) is 10.9. The molecule has 1 unspecified atom stereocenters. The highest BCUT2D eigenvalue weighted by molar-refractivity contribution is 8.00. The Kier molecular flexibility index (Phi) is 3.03. The van der Waals surface area contributed by atoms with Crippen LogP contribution in [0.25, 0.3) is 0 Å². The molecule has 0 radical (unpaired) electrons. The highest BCUT2D eigenvalue weighted by atomic mass is 32.2. The Balaban J connectivity index is 1.91. The molecular weight excluding hydrogens is 258 g/mol. The van der Waals surface area contributed by atoms with E-state index in [0.717, 1.165) is 10.6 Å². The van der Waals surface area contributed by atoms with Crippen molar-refractivity contribution in [1.29, 1.82) is 0 Å². The van der Waals surface area contributed by atoms with E-state index in [9.17, 15) is 5.11 Å². The van der Waals surface area contributed by atoms with Gasteiger partial charge in [-0.05, 0) is 35.9 Å². The van der Waals surface area contributed by atoms with Crippen LogP contribution in [0, 0.1) is 0 Å². The molecule has 1 atom stereocenters. The largest absolute Gasteiger partial charge is 0.508 e. The SMILES string of the molecule is CNc1ccc(C2Sc3cc(O)ccc3N2[14CH3])cc1. The van der Waals surface area contributed by atoms with Gasteiger partial charge in [-0.3, -0.25) is 0 Å². The number of phenols is 1. The van der Waals surface area contributed by atoms with Crippen molar-refractivity contribution in [3.63, 3.8) is 0 Å². The standard InChI is InChI=1S/C15H16N2OS/c1-16-11-5-3-10(4-6-11)15-17(2)13-8-7-12(18)9-14(13)19-15/h3-9,15-16,18H,1-2H3/i2+2. The number of phenolic OH excluding ortho intramolecular Hbond substituents is 1. The summed E-state index contributed by atoms with van der Waals surface area (Å²) in [6.07, 6.45) is 0. The second-order valence-electron chi connectivity index (χ2n) is 4.61. The Labute approximate surface area is 117 Å². The van der Waals surface area contributed by atoms with Crippen molar-refractivity contribution in [3.8, 4) is 5.75 Å². The van der Waals surface area contributed by atoms with E-state index in [-0.39, 0.29) is 5.37 Å². The molecule has 0 fully saturated rings. The van der Waals surface area contributed by atoms with Crippen LogP contribution in [0.15, 0.2) is 47.4 Å². The van der Waals surface area contributed by atoms with Crippen molar-refractivity contribution < 1.29 is 5.11 Å². The average molecular weight is 274 g/mol. The zero-order chi connectivity index (χ0) is 13.4. The monoisotopic (exact) mass is 274 g/mol. The van der Waals surface area contributed by atoms with Gasteiger partial charge in [-0.2, -0.15) is 0 Å². The number of anilines is 2. The minimum absolute atomic E-state index is 0.266. The maximum absolute atomic E-state index is 9.57. The van der Waals surface area contributed by atoms with E-state index in [1.807, 2.05) is 19.2 Å². The van der Waals surface area contributed by atoms with Gasteiger partial charge in [0.15, 0.2) is 0 Å². The number of benzene rings is 2. The summed E-state index contributed by atoms with van der Waals surface area (Å²) in [4.78, 5) is 3.37. The predicted octanol–water partition coefficient (Wildman–Crippen LogP) is 3.67. The number of hydrogen-bond donors (Lipinski definition) is 2. The van der Waals surface area contributed by atoms with Crippen LogP contribution in [-0.2, 0) is 0 Å². The summed E-state index contributed by atoms with van der Waals surface area (Å²) in [6.45, 7) is 0. The van der Waals surface area contributed by atoms with E-state index in [4.69, 9.17) is 0 Å². The molecule has 1 heterocycles. The van der Waals surface area contributed by atoms with Gasteiger partial charge < -0.3 is 15.3 Å². The molecule has 0 spiro atoms. The molecule has 0 saturated carbocycles. The third-order valence-electron chi connectivity index (χ3n) is 3.40. The summed E-state index contributed by atoms with van der Waals surface area (Å²) in [5, 5.41) is 13.0. The Hall–Kier alpha value is -1.81. The first-order chi connectivity index (χ1) is 9.19. The first kappa shape index (κ1) is 12.2.